The highest BCUT2D eigenvalue weighted by Crippen LogP contribution is 2.17. The number of halogens is 2. The van der Waals surface area contributed by atoms with Crippen LogP contribution in [0.5, 0.6) is 0 Å². The fraction of sp³-hybridized carbons (Fsp3) is 0.917. The van der Waals surface area contributed by atoms with Crippen molar-refractivity contribution in [2.75, 3.05) is 32.7 Å². The molecule has 1 amide bonds. The van der Waals surface area contributed by atoms with E-state index in [4.69, 9.17) is 0 Å². The molecule has 0 bridgehead atoms. The molecule has 0 aromatic heterocycles. The Labute approximate surface area is 122 Å². The van der Waals surface area contributed by atoms with Crippen molar-refractivity contribution < 1.29 is 4.79 Å². The van der Waals surface area contributed by atoms with Crippen LogP contribution in [0.25, 0.3) is 0 Å². The molecule has 108 valence electrons. The van der Waals surface area contributed by atoms with Gasteiger partial charge in [-0.2, -0.15) is 0 Å². The second-order valence-corrected chi connectivity index (χ2v) is 4.93. The van der Waals surface area contributed by atoms with Gasteiger partial charge >= 0.3 is 0 Å². The van der Waals surface area contributed by atoms with Crippen LogP contribution in [0.3, 0.4) is 0 Å². The Kier molecular flexibility index (Phi) is 9.83. The van der Waals surface area contributed by atoms with E-state index < -0.39 is 0 Å². The molecule has 1 aliphatic carbocycles. The van der Waals surface area contributed by atoms with E-state index in [9.17, 15) is 4.79 Å². The van der Waals surface area contributed by atoms with Crippen molar-refractivity contribution in [2.24, 2.45) is 0 Å². The Morgan fingerprint density at radius 3 is 2.33 bits per heavy atom. The quantitative estimate of drug-likeness (QED) is 0.822. The summed E-state index contributed by atoms with van der Waals surface area (Å²) in [4.78, 5) is 14.0. The van der Waals surface area contributed by atoms with Gasteiger partial charge in [0.2, 0.25) is 5.91 Å². The summed E-state index contributed by atoms with van der Waals surface area (Å²) in [5.74, 6) is 0.216. The number of carbonyl (C=O) groups is 1. The van der Waals surface area contributed by atoms with Gasteiger partial charge in [0.1, 0.15) is 0 Å². The van der Waals surface area contributed by atoms with Gasteiger partial charge < -0.3 is 10.6 Å². The molecule has 2 rings (SSSR count). The van der Waals surface area contributed by atoms with Gasteiger partial charge in [0.25, 0.3) is 0 Å². The normalized spacial score (nSPS) is 21.6. The highest BCUT2D eigenvalue weighted by atomic mass is 35.5. The van der Waals surface area contributed by atoms with Gasteiger partial charge in [-0.1, -0.05) is 19.3 Å². The molecule has 2 fully saturated rings. The lowest BCUT2D eigenvalue weighted by Gasteiger charge is -2.28. The highest BCUT2D eigenvalue weighted by molar-refractivity contribution is 5.85. The van der Waals surface area contributed by atoms with Crippen LogP contribution in [0.1, 0.15) is 32.1 Å². The Bertz CT molecular complexity index is 207. The highest BCUT2D eigenvalue weighted by Gasteiger charge is 2.18. The van der Waals surface area contributed by atoms with E-state index in [1.165, 1.54) is 32.1 Å². The van der Waals surface area contributed by atoms with E-state index in [1.54, 1.807) is 0 Å². The minimum atomic E-state index is 0. The lowest BCUT2D eigenvalue weighted by molar-refractivity contribution is -0.123. The fourth-order valence-corrected chi connectivity index (χ4v) is 2.59. The van der Waals surface area contributed by atoms with Gasteiger partial charge in [0.05, 0.1) is 6.54 Å². The summed E-state index contributed by atoms with van der Waals surface area (Å²) >= 11 is 0. The van der Waals surface area contributed by atoms with Crippen molar-refractivity contribution in [2.45, 2.75) is 38.1 Å². The van der Waals surface area contributed by atoms with Crippen LogP contribution in [0.15, 0.2) is 0 Å². The van der Waals surface area contributed by atoms with Gasteiger partial charge in [0, 0.05) is 32.2 Å². The van der Waals surface area contributed by atoms with Crippen LogP contribution in [0, 0.1) is 0 Å². The number of amides is 1. The summed E-state index contributed by atoms with van der Waals surface area (Å²) in [7, 11) is 0. The molecule has 6 heteroatoms. The van der Waals surface area contributed by atoms with Crippen molar-refractivity contribution >= 4 is 30.7 Å². The maximum absolute atomic E-state index is 11.8. The second-order valence-electron chi connectivity index (χ2n) is 4.93. The minimum Gasteiger partial charge on any atom is -0.352 e. The number of carbonyl (C=O) groups excluding carboxylic acids is 1. The van der Waals surface area contributed by atoms with E-state index in [2.05, 4.69) is 15.5 Å². The summed E-state index contributed by atoms with van der Waals surface area (Å²) in [5.41, 5.74) is 0. The molecular formula is C12H25Cl2N3O. The molecule has 1 saturated carbocycles. The van der Waals surface area contributed by atoms with E-state index in [-0.39, 0.29) is 30.7 Å². The zero-order valence-corrected chi connectivity index (χ0v) is 12.5. The monoisotopic (exact) mass is 297 g/mol. The van der Waals surface area contributed by atoms with Crippen molar-refractivity contribution in [3.8, 4) is 0 Å². The smallest absolute Gasteiger partial charge is 0.234 e. The van der Waals surface area contributed by atoms with Crippen molar-refractivity contribution in [1.82, 2.24) is 15.5 Å². The van der Waals surface area contributed by atoms with Crippen LogP contribution in [-0.2, 0) is 4.79 Å². The molecule has 0 aromatic carbocycles. The topological polar surface area (TPSA) is 44.4 Å². The first-order valence-corrected chi connectivity index (χ1v) is 6.57. The van der Waals surface area contributed by atoms with Crippen molar-refractivity contribution in [1.29, 1.82) is 0 Å². The summed E-state index contributed by atoms with van der Waals surface area (Å²) in [6.45, 7) is 4.60. The predicted octanol–water partition coefficient (Wildman–Crippen LogP) is 1.18. The molecule has 2 N–H and O–H groups in total. The van der Waals surface area contributed by atoms with Crippen molar-refractivity contribution in [3.63, 3.8) is 0 Å². The van der Waals surface area contributed by atoms with E-state index in [0.717, 1.165) is 26.2 Å². The maximum atomic E-state index is 11.8. The van der Waals surface area contributed by atoms with Crippen LogP contribution in [-0.4, -0.2) is 49.6 Å². The Balaban J connectivity index is 0.00000144. The zero-order valence-electron chi connectivity index (χ0n) is 10.8. The zero-order chi connectivity index (χ0) is 11.2. The molecule has 1 heterocycles. The van der Waals surface area contributed by atoms with Crippen molar-refractivity contribution in [3.05, 3.63) is 0 Å². The molecule has 0 radical (unpaired) electrons. The van der Waals surface area contributed by atoms with Crippen LogP contribution in [0.2, 0.25) is 0 Å². The average molecular weight is 298 g/mol. The van der Waals surface area contributed by atoms with Gasteiger partial charge in [-0.3, -0.25) is 9.69 Å². The van der Waals surface area contributed by atoms with Crippen LogP contribution in [0.4, 0.5) is 0 Å². The Morgan fingerprint density at radius 2 is 1.72 bits per heavy atom. The summed E-state index contributed by atoms with van der Waals surface area (Å²) in [5, 5.41) is 6.46. The van der Waals surface area contributed by atoms with Gasteiger partial charge in [-0.25, -0.2) is 0 Å². The average Bonchev–Trinajstić information content (AvgIpc) is 2.31. The van der Waals surface area contributed by atoms with Gasteiger partial charge in [-0.05, 0) is 12.8 Å². The molecular weight excluding hydrogens is 273 g/mol. The van der Waals surface area contributed by atoms with Gasteiger partial charge in [-0.15, -0.1) is 24.8 Å². The first kappa shape index (κ1) is 18.0. The van der Waals surface area contributed by atoms with Crippen LogP contribution < -0.4 is 10.6 Å². The molecule has 0 aromatic rings. The molecule has 1 saturated heterocycles. The third-order valence-electron chi connectivity index (χ3n) is 3.55. The lowest BCUT2D eigenvalue weighted by Crippen LogP contribution is -2.49. The molecule has 18 heavy (non-hydrogen) atoms. The molecule has 0 spiro atoms. The molecule has 0 atom stereocenters. The fourth-order valence-electron chi connectivity index (χ4n) is 2.59. The molecule has 1 aliphatic heterocycles. The first-order chi connectivity index (χ1) is 7.84. The lowest BCUT2D eigenvalue weighted by atomic mass is 9.95. The third kappa shape index (κ3) is 6.23. The molecule has 2 aliphatic rings. The standard InChI is InChI=1S/C12H23N3O.2ClH/c16-12(10-15-8-6-13-7-9-15)14-11-4-2-1-3-5-11;;/h11,13H,1-10H2,(H,14,16);2*1H. The second kappa shape index (κ2) is 9.84. The summed E-state index contributed by atoms with van der Waals surface area (Å²) in [6.07, 6.45) is 6.24. The van der Waals surface area contributed by atoms with E-state index in [0.29, 0.717) is 12.6 Å². The summed E-state index contributed by atoms with van der Waals surface area (Å²) in [6, 6.07) is 0.448. The minimum absolute atomic E-state index is 0. The number of hydrogen-bond acceptors (Lipinski definition) is 3. The number of rotatable bonds is 3. The summed E-state index contributed by atoms with van der Waals surface area (Å²) < 4.78 is 0. The van der Waals surface area contributed by atoms with E-state index in [1.807, 2.05) is 0 Å². The van der Waals surface area contributed by atoms with E-state index >= 15 is 0 Å². The van der Waals surface area contributed by atoms with Gasteiger partial charge in [0.15, 0.2) is 0 Å². The Hall–Kier alpha value is -0.0300. The Morgan fingerprint density at radius 1 is 1.11 bits per heavy atom. The number of piperazine rings is 1. The SMILES string of the molecule is Cl.Cl.O=C(CN1CCNCC1)NC1CCCCC1. The number of nitrogens with one attached hydrogen (secondary N) is 2. The third-order valence-corrected chi connectivity index (χ3v) is 3.55. The first-order valence-electron chi connectivity index (χ1n) is 6.57. The number of hydrogen-bond donors (Lipinski definition) is 2. The predicted molar refractivity (Wildman–Crippen MR) is 78.8 cm³/mol. The number of nitrogens with zero attached hydrogens (tertiary/aromatic N) is 1. The molecule has 0 unspecified atom stereocenters. The molecule has 4 nitrogen and oxygen atoms in total. The van der Waals surface area contributed by atoms with Crippen LogP contribution >= 0.6 is 24.8 Å². The maximum Gasteiger partial charge on any atom is 0.234 e. The largest absolute Gasteiger partial charge is 0.352 e.